The van der Waals surface area contributed by atoms with Gasteiger partial charge in [0.05, 0.1) is 6.61 Å². The molecular formula is C10H15FN2O. The molecule has 0 aromatic heterocycles. The van der Waals surface area contributed by atoms with E-state index in [-0.39, 0.29) is 5.82 Å². The van der Waals surface area contributed by atoms with Crippen molar-refractivity contribution >= 4 is 5.69 Å². The van der Waals surface area contributed by atoms with Crippen LogP contribution in [0, 0.1) is 5.82 Å². The molecule has 0 atom stereocenters. The molecule has 0 amide bonds. The minimum absolute atomic E-state index is 0.261. The molecule has 0 bridgehead atoms. The zero-order valence-electron chi connectivity index (χ0n) is 8.22. The van der Waals surface area contributed by atoms with Crippen LogP contribution in [0.4, 0.5) is 10.1 Å². The smallest absolute Gasteiger partial charge is 0.123 e. The maximum atomic E-state index is 12.8. The van der Waals surface area contributed by atoms with Gasteiger partial charge in [0.2, 0.25) is 0 Å². The summed E-state index contributed by atoms with van der Waals surface area (Å²) in [4.78, 5) is 0. The number of hydrogen-bond acceptors (Lipinski definition) is 3. The van der Waals surface area contributed by atoms with Crippen molar-refractivity contribution in [2.45, 2.75) is 6.54 Å². The third-order valence-corrected chi connectivity index (χ3v) is 1.91. The Hall–Kier alpha value is -1.13. The van der Waals surface area contributed by atoms with E-state index < -0.39 is 0 Å². The van der Waals surface area contributed by atoms with Gasteiger partial charge in [-0.3, -0.25) is 0 Å². The first-order valence-electron chi connectivity index (χ1n) is 4.49. The fraction of sp³-hybridized carbons (Fsp3) is 0.400. The molecule has 14 heavy (non-hydrogen) atoms. The molecule has 0 radical (unpaired) electrons. The summed E-state index contributed by atoms with van der Waals surface area (Å²) < 4.78 is 17.7. The van der Waals surface area contributed by atoms with Gasteiger partial charge < -0.3 is 15.8 Å². The molecular weight excluding hydrogens is 183 g/mol. The van der Waals surface area contributed by atoms with Crippen LogP contribution in [-0.2, 0) is 11.3 Å². The maximum absolute atomic E-state index is 12.8. The van der Waals surface area contributed by atoms with Crippen LogP contribution in [-0.4, -0.2) is 20.3 Å². The lowest BCUT2D eigenvalue weighted by atomic mass is 10.1. The van der Waals surface area contributed by atoms with Crippen LogP contribution in [0.3, 0.4) is 0 Å². The van der Waals surface area contributed by atoms with Crippen molar-refractivity contribution in [3.8, 4) is 0 Å². The van der Waals surface area contributed by atoms with Crippen molar-refractivity contribution in [1.29, 1.82) is 0 Å². The second kappa shape index (κ2) is 5.57. The largest absolute Gasteiger partial charge is 0.383 e. The molecule has 3 N–H and O–H groups in total. The third-order valence-electron chi connectivity index (χ3n) is 1.91. The summed E-state index contributed by atoms with van der Waals surface area (Å²) in [6, 6.07) is 4.54. The number of halogens is 1. The van der Waals surface area contributed by atoms with E-state index in [0.717, 1.165) is 11.3 Å². The molecule has 0 fully saturated rings. The highest BCUT2D eigenvalue weighted by Gasteiger charge is 2.01. The number of anilines is 1. The van der Waals surface area contributed by atoms with Crippen molar-refractivity contribution in [2.24, 2.45) is 5.73 Å². The summed E-state index contributed by atoms with van der Waals surface area (Å²) in [5.41, 5.74) is 7.13. The number of methoxy groups -OCH3 is 1. The van der Waals surface area contributed by atoms with Crippen LogP contribution < -0.4 is 11.1 Å². The van der Waals surface area contributed by atoms with E-state index in [9.17, 15) is 4.39 Å². The first-order valence-corrected chi connectivity index (χ1v) is 4.49. The number of benzene rings is 1. The predicted octanol–water partition coefficient (Wildman–Crippen LogP) is 1.34. The zero-order valence-corrected chi connectivity index (χ0v) is 8.22. The number of nitrogens with two attached hydrogens (primary N) is 1. The van der Waals surface area contributed by atoms with Crippen LogP contribution in [0.2, 0.25) is 0 Å². The first kappa shape index (κ1) is 10.9. The Labute approximate surface area is 83.1 Å². The highest BCUT2D eigenvalue weighted by Crippen LogP contribution is 2.15. The molecule has 0 saturated heterocycles. The molecule has 0 aliphatic rings. The molecule has 0 unspecified atom stereocenters. The third kappa shape index (κ3) is 2.97. The molecule has 78 valence electrons. The molecule has 0 aliphatic carbocycles. The Morgan fingerprint density at radius 2 is 2.29 bits per heavy atom. The summed E-state index contributed by atoms with van der Waals surface area (Å²) in [6.45, 7) is 1.63. The highest BCUT2D eigenvalue weighted by atomic mass is 19.1. The summed E-state index contributed by atoms with van der Waals surface area (Å²) in [7, 11) is 1.64. The molecule has 4 heteroatoms. The maximum Gasteiger partial charge on any atom is 0.123 e. The van der Waals surface area contributed by atoms with Crippen molar-refractivity contribution < 1.29 is 9.13 Å². The lowest BCUT2D eigenvalue weighted by molar-refractivity contribution is 0.211. The number of ether oxygens (including phenoxy) is 1. The van der Waals surface area contributed by atoms with Gasteiger partial charge in [-0.25, -0.2) is 4.39 Å². The van der Waals surface area contributed by atoms with Gasteiger partial charge in [0, 0.05) is 25.9 Å². The van der Waals surface area contributed by atoms with Gasteiger partial charge in [0.15, 0.2) is 0 Å². The minimum atomic E-state index is -0.261. The quantitative estimate of drug-likeness (QED) is 0.702. The van der Waals surface area contributed by atoms with E-state index in [4.69, 9.17) is 10.5 Å². The monoisotopic (exact) mass is 198 g/mol. The van der Waals surface area contributed by atoms with Gasteiger partial charge >= 0.3 is 0 Å². The van der Waals surface area contributed by atoms with E-state index in [2.05, 4.69) is 5.32 Å². The molecule has 0 saturated carbocycles. The second-order valence-corrected chi connectivity index (χ2v) is 2.93. The number of hydrogen-bond donors (Lipinski definition) is 2. The average Bonchev–Trinajstić information content (AvgIpc) is 2.20. The van der Waals surface area contributed by atoms with Crippen molar-refractivity contribution in [1.82, 2.24) is 0 Å². The topological polar surface area (TPSA) is 47.3 Å². The first-order chi connectivity index (χ1) is 6.77. The van der Waals surface area contributed by atoms with Crippen LogP contribution in [0.5, 0.6) is 0 Å². The lowest BCUT2D eigenvalue weighted by Gasteiger charge is -2.10. The van der Waals surface area contributed by atoms with Crippen LogP contribution in [0.15, 0.2) is 18.2 Å². The van der Waals surface area contributed by atoms with Gasteiger partial charge in [-0.2, -0.15) is 0 Å². The van der Waals surface area contributed by atoms with Crippen LogP contribution >= 0.6 is 0 Å². The summed E-state index contributed by atoms with van der Waals surface area (Å²) in [5, 5.41) is 3.12. The minimum Gasteiger partial charge on any atom is -0.383 e. The van der Waals surface area contributed by atoms with E-state index in [1.54, 1.807) is 13.2 Å². The Bertz CT molecular complexity index is 291. The predicted molar refractivity (Wildman–Crippen MR) is 54.7 cm³/mol. The van der Waals surface area contributed by atoms with E-state index in [1.807, 2.05) is 0 Å². The molecule has 0 aliphatic heterocycles. The van der Waals surface area contributed by atoms with Crippen molar-refractivity contribution in [3.05, 3.63) is 29.6 Å². The van der Waals surface area contributed by atoms with Gasteiger partial charge in [0.25, 0.3) is 0 Å². The summed E-state index contributed by atoms with van der Waals surface area (Å²) >= 11 is 0. The Morgan fingerprint density at radius 1 is 1.50 bits per heavy atom. The van der Waals surface area contributed by atoms with Crippen molar-refractivity contribution in [2.75, 3.05) is 25.6 Å². The fourth-order valence-electron chi connectivity index (χ4n) is 1.19. The molecule has 0 spiro atoms. The number of nitrogens with one attached hydrogen (secondary N) is 1. The summed E-state index contributed by atoms with van der Waals surface area (Å²) in [5.74, 6) is -0.261. The highest BCUT2D eigenvalue weighted by molar-refractivity contribution is 5.51. The molecule has 3 nitrogen and oxygen atoms in total. The normalized spacial score (nSPS) is 10.2. The van der Waals surface area contributed by atoms with E-state index in [1.165, 1.54) is 12.1 Å². The van der Waals surface area contributed by atoms with Gasteiger partial charge in [-0.15, -0.1) is 0 Å². The Kier molecular flexibility index (Phi) is 4.35. The Balaban J connectivity index is 2.65. The van der Waals surface area contributed by atoms with Crippen LogP contribution in [0.1, 0.15) is 5.56 Å². The van der Waals surface area contributed by atoms with E-state index >= 15 is 0 Å². The standard InChI is InChI=1S/C10H15FN2O/c1-14-5-4-13-10-3-2-9(11)6-8(10)7-12/h2-3,6,13H,4-5,7,12H2,1H3. The van der Waals surface area contributed by atoms with Crippen molar-refractivity contribution in [3.63, 3.8) is 0 Å². The van der Waals surface area contributed by atoms with Crippen LogP contribution in [0.25, 0.3) is 0 Å². The van der Waals surface area contributed by atoms with Gasteiger partial charge in [-0.1, -0.05) is 0 Å². The van der Waals surface area contributed by atoms with Gasteiger partial charge in [-0.05, 0) is 23.8 Å². The van der Waals surface area contributed by atoms with Gasteiger partial charge in [0.1, 0.15) is 5.82 Å². The number of rotatable bonds is 5. The fourth-order valence-corrected chi connectivity index (χ4v) is 1.19. The lowest BCUT2D eigenvalue weighted by Crippen LogP contribution is -2.10. The van der Waals surface area contributed by atoms with E-state index in [0.29, 0.717) is 19.7 Å². The molecule has 0 heterocycles. The Morgan fingerprint density at radius 3 is 2.93 bits per heavy atom. The molecule has 1 rings (SSSR count). The zero-order chi connectivity index (χ0) is 10.4. The SMILES string of the molecule is COCCNc1ccc(F)cc1CN. The molecule has 1 aromatic rings. The summed E-state index contributed by atoms with van der Waals surface area (Å²) in [6.07, 6.45) is 0. The molecule has 1 aromatic carbocycles. The average molecular weight is 198 g/mol. The second-order valence-electron chi connectivity index (χ2n) is 2.93.